The van der Waals surface area contributed by atoms with Gasteiger partial charge in [-0.2, -0.15) is 0 Å². The van der Waals surface area contributed by atoms with Crippen LogP contribution in [0.1, 0.15) is 77.6 Å². The number of nitrogens with one attached hydrogen (secondary N) is 1. The number of nitrogens with zero attached hydrogens (tertiary/aromatic N) is 2. The summed E-state index contributed by atoms with van der Waals surface area (Å²) in [6.45, 7) is 8.86. The third-order valence-corrected chi connectivity index (χ3v) is 6.55. The van der Waals surface area contributed by atoms with Crippen molar-refractivity contribution in [3.8, 4) is 0 Å². The number of guanidine groups is 1. The molecule has 1 spiro atoms. The Bertz CT molecular complexity index is 441. The molecule has 27 heavy (non-hydrogen) atoms. The second-order valence-electron chi connectivity index (χ2n) is 8.71. The molecule has 0 bridgehead atoms. The molecule has 0 aromatic carbocycles. The van der Waals surface area contributed by atoms with Crippen molar-refractivity contribution in [1.82, 2.24) is 10.2 Å². The average molecular weight is 380 g/mol. The van der Waals surface area contributed by atoms with Gasteiger partial charge in [-0.05, 0) is 57.3 Å². The third-order valence-electron chi connectivity index (χ3n) is 6.55. The van der Waals surface area contributed by atoms with Crippen LogP contribution >= 0.6 is 0 Å². The van der Waals surface area contributed by atoms with E-state index in [4.69, 9.17) is 14.5 Å². The average Bonchev–Trinajstić information content (AvgIpc) is 2.93. The second kappa shape index (κ2) is 11.3. The van der Waals surface area contributed by atoms with E-state index in [1.165, 1.54) is 57.9 Å². The van der Waals surface area contributed by atoms with E-state index in [2.05, 4.69) is 17.1 Å². The van der Waals surface area contributed by atoms with Crippen molar-refractivity contribution in [2.75, 3.05) is 46.0 Å². The smallest absolute Gasteiger partial charge is 0.193 e. The van der Waals surface area contributed by atoms with Crippen LogP contribution in [0.15, 0.2) is 4.99 Å². The van der Waals surface area contributed by atoms with Crippen molar-refractivity contribution in [3.05, 3.63) is 0 Å². The number of likely N-dealkylation sites (tertiary alicyclic amines) is 1. The first-order valence-corrected chi connectivity index (χ1v) is 11.5. The van der Waals surface area contributed by atoms with Crippen LogP contribution in [-0.2, 0) is 9.47 Å². The summed E-state index contributed by atoms with van der Waals surface area (Å²) in [6, 6.07) is 0. The van der Waals surface area contributed by atoms with E-state index in [0.717, 1.165) is 64.7 Å². The van der Waals surface area contributed by atoms with Crippen molar-refractivity contribution in [2.45, 2.75) is 83.7 Å². The normalized spacial score (nSPS) is 24.8. The highest BCUT2D eigenvalue weighted by Crippen LogP contribution is 2.42. The predicted octanol–water partition coefficient (Wildman–Crippen LogP) is 3.97. The minimum Gasteiger partial charge on any atom is -0.381 e. The fraction of sp³-hybridized carbons (Fsp3) is 0.955. The van der Waals surface area contributed by atoms with Gasteiger partial charge in [0.05, 0.1) is 6.10 Å². The van der Waals surface area contributed by atoms with Crippen molar-refractivity contribution in [1.29, 1.82) is 0 Å². The fourth-order valence-electron chi connectivity index (χ4n) is 5.04. The Labute approximate surface area is 166 Å². The molecule has 2 heterocycles. The van der Waals surface area contributed by atoms with Gasteiger partial charge in [0.15, 0.2) is 5.96 Å². The van der Waals surface area contributed by atoms with Gasteiger partial charge >= 0.3 is 0 Å². The van der Waals surface area contributed by atoms with Crippen molar-refractivity contribution >= 4 is 5.96 Å². The minimum atomic E-state index is 0.396. The van der Waals surface area contributed by atoms with Crippen LogP contribution in [0.2, 0.25) is 0 Å². The first-order valence-electron chi connectivity index (χ1n) is 11.5. The molecule has 0 radical (unpaired) electrons. The zero-order valence-corrected chi connectivity index (χ0v) is 17.5. The molecule has 0 atom stereocenters. The van der Waals surface area contributed by atoms with E-state index in [1.807, 2.05) is 0 Å². The molecule has 3 rings (SSSR count). The van der Waals surface area contributed by atoms with Crippen LogP contribution in [-0.4, -0.2) is 63.0 Å². The van der Waals surface area contributed by atoms with Gasteiger partial charge in [0.2, 0.25) is 0 Å². The van der Waals surface area contributed by atoms with Gasteiger partial charge in [0, 0.05) is 46.0 Å². The van der Waals surface area contributed by atoms with E-state index < -0.39 is 0 Å². The second-order valence-corrected chi connectivity index (χ2v) is 8.71. The van der Waals surface area contributed by atoms with Crippen LogP contribution in [0.3, 0.4) is 0 Å². The molecule has 1 aliphatic carbocycles. The molecule has 2 saturated heterocycles. The highest BCUT2D eigenvalue weighted by atomic mass is 16.5. The van der Waals surface area contributed by atoms with E-state index in [9.17, 15) is 0 Å². The largest absolute Gasteiger partial charge is 0.381 e. The molecule has 5 heteroatoms. The summed E-state index contributed by atoms with van der Waals surface area (Å²) in [5.74, 6) is 1.13. The minimum absolute atomic E-state index is 0.396. The van der Waals surface area contributed by atoms with E-state index in [0.29, 0.717) is 11.5 Å². The summed E-state index contributed by atoms with van der Waals surface area (Å²) in [5.41, 5.74) is 0.553. The molecular formula is C22H41N3O2. The zero-order valence-electron chi connectivity index (χ0n) is 17.5. The number of piperidine rings is 1. The topological polar surface area (TPSA) is 46.1 Å². The summed E-state index contributed by atoms with van der Waals surface area (Å²) in [4.78, 5) is 7.50. The molecule has 0 aromatic heterocycles. The Morgan fingerprint density at radius 2 is 1.85 bits per heavy atom. The summed E-state index contributed by atoms with van der Waals surface area (Å²) < 4.78 is 11.4. The van der Waals surface area contributed by atoms with E-state index in [1.54, 1.807) is 0 Å². The third kappa shape index (κ3) is 6.63. The Hall–Kier alpha value is -0.810. The summed E-state index contributed by atoms with van der Waals surface area (Å²) in [5, 5.41) is 3.55. The van der Waals surface area contributed by atoms with Crippen molar-refractivity contribution in [3.63, 3.8) is 0 Å². The Balaban J connectivity index is 1.46. The van der Waals surface area contributed by atoms with Crippen LogP contribution < -0.4 is 5.32 Å². The monoisotopic (exact) mass is 379 g/mol. The van der Waals surface area contributed by atoms with Crippen LogP contribution in [0.25, 0.3) is 0 Å². The predicted molar refractivity (Wildman–Crippen MR) is 111 cm³/mol. The zero-order chi connectivity index (χ0) is 18.8. The van der Waals surface area contributed by atoms with Gasteiger partial charge in [-0.15, -0.1) is 0 Å². The quantitative estimate of drug-likeness (QED) is 0.431. The summed E-state index contributed by atoms with van der Waals surface area (Å²) in [7, 11) is 0. The number of rotatable bonds is 6. The maximum Gasteiger partial charge on any atom is 0.193 e. The lowest BCUT2D eigenvalue weighted by Crippen LogP contribution is -2.50. The van der Waals surface area contributed by atoms with E-state index in [-0.39, 0.29) is 0 Å². The van der Waals surface area contributed by atoms with Crippen LogP contribution in [0, 0.1) is 5.41 Å². The molecule has 0 unspecified atom stereocenters. The molecule has 1 N–H and O–H groups in total. The SMILES string of the molecule is CCNC(=NCCCOC1CCOCC1)N1CCCC2(CCCCCC2)C1. The number of hydrogen-bond acceptors (Lipinski definition) is 3. The van der Waals surface area contributed by atoms with Gasteiger partial charge in [-0.1, -0.05) is 25.7 Å². The van der Waals surface area contributed by atoms with Gasteiger partial charge in [0.25, 0.3) is 0 Å². The van der Waals surface area contributed by atoms with Crippen LogP contribution in [0.4, 0.5) is 0 Å². The van der Waals surface area contributed by atoms with Crippen molar-refractivity contribution < 1.29 is 9.47 Å². The van der Waals surface area contributed by atoms with Gasteiger partial charge in [-0.25, -0.2) is 0 Å². The van der Waals surface area contributed by atoms with Gasteiger partial charge in [0.1, 0.15) is 0 Å². The molecule has 5 nitrogen and oxygen atoms in total. The molecule has 3 fully saturated rings. The molecule has 1 saturated carbocycles. The molecule has 156 valence electrons. The molecular weight excluding hydrogens is 338 g/mol. The summed E-state index contributed by atoms with van der Waals surface area (Å²) >= 11 is 0. The van der Waals surface area contributed by atoms with E-state index >= 15 is 0 Å². The lowest BCUT2D eigenvalue weighted by atomic mass is 9.74. The Morgan fingerprint density at radius 3 is 2.59 bits per heavy atom. The maximum absolute atomic E-state index is 5.99. The lowest BCUT2D eigenvalue weighted by molar-refractivity contribution is -0.0318. The molecule has 0 aromatic rings. The fourth-order valence-corrected chi connectivity index (χ4v) is 5.04. The maximum atomic E-state index is 5.99. The van der Waals surface area contributed by atoms with Gasteiger partial charge in [-0.3, -0.25) is 4.99 Å². The molecule has 3 aliphatic rings. The standard InChI is InChI=1S/C22H41N3O2/c1-2-23-21(24-14-8-16-27-20-9-17-26-18-10-20)25-15-7-13-22(19-25)11-5-3-4-6-12-22/h20H,2-19H2,1H3,(H,23,24). The number of hydrogen-bond donors (Lipinski definition) is 1. The first kappa shape index (κ1) is 20.9. The van der Waals surface area contributed by atoms with Gasteiger partial charge < -0.3 is 19.7 Å². The number of ether oxygens (including phenoxy) is 2. The Morgan fingerprint density at radius 1 is 1.11 bits per heavy atom. The van der Waals surface area contributed by atoms with Crippen molar-refractivity contribution in [2.24, 2.45) is 10.4 Å². The molecule has 2 aliphatic heterocycles. The number of aliphatic imine (C=N–C) groups is 1. The Kier molecular flexibility index (Phi) is 8.72. The molecule has 0 amide bonds. The first-order chi connectivity index (χ1) is 13.3. The van der Waals surface area contributed by atoms with Crippen LogP contribution in [0.5, 0.6) is 0 Å². The lowest BCUT2D eigenvalue weighted by Gasteiger charge is -2.44. The highest BCUT2D eigenvalue weighted by molar-refractivity contribution is 5.80. The summed E-state index contributed by atoms with van der Waals surface area (Å²) in [6.07, 6.45) is 14.8. The highest BCUT2D eigenvalue weighted by Gasteiger charge is 2.36.